The van der Waals surface area contributed by atoms with E-state index in [1.807, 2.05) is 11.9 Å². The maximum Gasteiger partial charge on any atom is 0.282 e. The van der Waals surface area contributed by atoms with Gasteiger partial charge >= 0.3 is 0 Å². The van der Waals surface area contributed by atoms with Crippen LogP contribution in [0.3, 0.4) is 0 Å². The maximum absolute atomic E-state index is 11.3. The van der Waals surface area contributed by atoms with Crippen molar-refractivity contribution >= 4 is 17.2 Å². The fraction of sp³-hybridized carbons (Fsp3) is 0.462. The van der Waals surface area contributed by atoms with E-state index in [9.17, 15) is 14.9 Å². The first-order valence-corrected chi connectivity index (χ1v) is 5.98. The average Bonchev–Trinajstić information content (AvgIpc) is 2.34. The van der Waals surface area contributed by atoms with Crippen LogP contribution < -0.4 is 4.90 Å². The largest absolute Gasteiger partial charge is 0.374 e. The highest BCUT2D eigenvalue weighted by molar-refractivity contribution is 5.98. The lowest BCUT2D eigenvalue weighted by Gasteiger charge is -2.19. The number of ketones is 1. The molecule has 5 nitrogen and oxygen atoms in total. The summed E-state index contributed by atoms with van der Waals surface area (Å²) >= 11 is 0. The minimum absolute atomic E-state index is 0.122. The second-order valence-electron chi connectivity index (χ2n) is 4.29. The third-order valence-electron chi connectivity index (χ3n) is 2.85. The molecular formula is C13H18N2O3. The van der Waals surface area contributed by atoms with Gasteiger partial charge < -0.3 is 4.90 Å². The fourth-order valence-corrected chi connectivity index (χ4v) is 1.73. The Bertz CT molecular complexity index is 458. The smallest absolute Gasteiger partial charge is 0.282 e. The van der Waals surface area contributed by atoms with Gasteiger partial charge in [-0.15, -0.1) is 0 Å². The molecule has 1 aromatic carbocycles. The third-order valence-corrected chi connectivity index (χ3v) is 2.85. The number of anilines is 1. The third kappa shape index (κ3) is 3.29. The molecule has 0 aliphatic carbocycles. The Morgan fingerprint density at radius 3 is 2.61 bits per heavy atom. The van der Waals surface area contributed by atoms with Gasteiger partial charge in [-0.25, -0.2) is 0 Å². The van der Waals surface area contributed by atoms with Crippen LogP contribution in [0.1, 0.15) is 37.0 Å². The Balaban J connectivity index is 3.07. The molecule has 0 aliphatic heterocycles. The van der Waals surface area contributed by atoms with E-state index in [1.165, 1.54) is 19.1 Å². The molecule has 0 N–H and O–H groups in total. The van der Waals surface area contributed by atoms with E-state index in [1.54, 1.807) is 6.07 Å². The molecule has 0 saturated carbocycles. The second kappa shape index (κ2) is 6.14. The van der Waals surface area contributed by atoms with E-state index < -0.39 is 4.92 Å². The van der Waals surface area contributed by atoms with E-state index in [2.05, 4.69) is 6.92 Å². The normalized spacial score (nSPS) is 10.2. The van der Waals surface area contributed by atoms with Crippen LogP contribution in [0.2, 0.25) is 0 Å². The zero-order chi connectivity index (χ0) is 13.7. The Kier molecular flexibility index (Phi) is 4.83. The molecule has 0 aliphatic rings. The van der Waals surface area contributed by atoms with Gasteiger partial charge in [-0.2, -0.15) is 0 Å². The van der Waals surface area contributed by atoms with Gasteiger partial charge in [0.2, 0.25) is 0 Å². The summed E-state index contributed by atoms with van der Waals surface area (Å²) < 4.78 is 0. The van der Waals surface area contributed by atoms with Crippen molar-refractivity contribution < 1.29 is 9.72 Å². The standard InChI is InChI=1S/C13H18N2O3/c1-4-5-8-14(3)11-6-7-12(10(2)16)13(9-11)15(17)18/h6-7,9H,4-5,8H2,1-3H3. The summed E-state index contributed by atoms with van der Waals surface area (Å²) in [7, 11) is 1.89. The number of unbranched alkanes of at least 4 members (excludes halogenated alkanes) is 1. The van der Waals surface area contributed by atoms with Gasteiger partial charge in [0.1, 0.15) is 0 Å². The highest BCUT2D eigenvalue weighted by atomic mass is 16.6. The number of nitro groups is 1. The Labute approximate surface area is 107 Å². The van der Waals surface area contributed by atoms with Gasteiger partial charge in [0.25, 0.3) is 5.69 Å². The molecule has 0 bridgehead atoms. The van der Waals surface area contributed by atoms with Crippen LogP contribution in [0.15, 0.2) is 18.2 Å². The van der Waals surface area contributed by atoms with E-state index in [0.717, 1.165) is 25.1 Å². The molecule has 0 spiro atoms. The SMILES string of the molecule is CCCCN(C)c1ccc(C(C)=O)c([N+](=O)[O-])c1. The number of carbonyl (C=O) groups is 1. The van der Waals surface area contributed by atoms with Crippen LogP contribution in [0.25, 0.3) is 0 Å². The predicted molar refractivity (Wildman–Crippen MR) is 71.3 cm³/mol. The molecule has 0 amide bonds. The number of rotatable bonds is 6. The first-order valence-electron chi connectivity index (χ1n) is 5.98. The molecule has 0 fully saturated rings. The molecule has 0 radical (unpaired) electrons. The van der Waals surface area contributed by atoms with E-state index in [4.69, 9.17) is 0 Å². The van der Waals surface area contributed by atoms with Crippen molar-refractivity contribution in [2.75, 3.05) is 18.5 Å². The minimum atomic E-state index is -0.506. The van der Waals surface area contributed by atoms with Crippen LogP contribution in [0, 0.1) is 10.1 Å². The number of hydrogen-bond acceptors (Lipinski definition) is 4. The number of Topliss-reactive ketones (excluding diaryl/α,β-unsaturated/α-hetero) is 1. The summed E-state index contributed by atoms with van der Waals surface area (Å²) in [6.45, 7) is 4.27. The van der Waals surface area contributed by atoms with E-state index in [-0.39, 0.29) is 17.0 Å². The van der Waals surface area contributed by atoms with Gasteiger partial charge in [-0.05, 0) is 25.5 Å². The second-order valence-corrected chi connectivity index (χ2v) is 4.29. The van der Waals surface area contributed by atoms with Crippen LogP contribution in [-0.4, -0.2) is 24.3 Å². The lowest BCUT2D eigenvalue weighted by atomic mass is 10.1. The number of hydrogen-bond donors (Lipinski definition) is 0. The van der Waals surface area contributed by atoms with Crippen LogP contribution >= 0.6 is 0 Å². The fourth-order valence-electron chi connectivity index (χ4n) is 1.73. The molecule has 0 aromatic heterocycles. The van der Waals surface area contributed by atoms with Gasteiger partial charge in [-0.1, -0.05) is 13.3 Å². The number of nitrogens with zero attached hydrogens (tertiary/aromatic N) is 2. The van der Waals surface area contributed by atoms with E-state index in [0.29, 0.717) is 0 Å². The maximum atomic E-state index is 11.3. The number of nitro benzene ring substituents is 1. The molecule has 1 rings (SSSR count). The quantitative estimate of drug-likeness (QED) is 0.442. The molecule has 5 heteroatoms. The Morgan fingerprint density at radius 1 is 1.44 bits per heavy atom. The topological polar surface area (TPSA) is 63.5 Å². The average molecular weight is 250 g/mol. The highest BCUT2D eigenvalue weighted by Crippen LogP contribution is 2.25. The van der Waals surface area contributed by atoms with Crippen LogP contribution in [-0.2, 0) is 0 Å². The van der Waals surface area contributed by atoms with Gasteiger partial charge in [0.05, 0.1) is 10.5 Å². The number of benzene rings is 1. The monoisotopic (exact) mass is 250 g/mol. The summed E-state index contributed by atoms with van der Waals surface area (Å²) in [6, 6.07) is 4.74. The van der Waals surface area contributed by atoms with Crippen molar-refractivity contribution in [3.63, 3.8) is 0 Å². The van der Waals surface area contributed by atoms with Crippen molar-refractivity contribution in [2.45, 2.75) is 26.7 Å². The van der Waals surface area contributed by atoms with E-state index >= 15 is 0 Å². The molecule has 18 heavy (non-hydrogen) atoms. The Hall–Kier alpha value is -1.91. The molecule has 1 aromatic rings. The molecule has 0 heterocycles. The highest BCUT2D eigenvalue weighted by Gasteiger charge is 2.18. The molecule has 98 valence electrons. The molecule has 0 saturated heterocycles. The van der Waals surface area contributed by atoms with Crippen molar-refractivity contribution in [1.82, 2.24) is 0 Å². The van der Waals surface area contributed by atoms with Crippen molar-refractivity contribution in [1.29, 1.82) is 0 Å². The summed E-state index contributed by atoms with van der Waals surface area (Å²) in [6.07, 6.45) is 2.09. The van der Waals surface area contributed by atoms with Crippen LogP contribution in [0.5, 0.6) is 0 Å². The first kappa shape index (κ1) is 14.2. The van der Waals surface area contributed by atoms with Gasteiger partial charge in [0.15, 0.2) is 5.78 Å². The first-order chi connectivity index (χ1) is 8.47. The zero-order valence-electron chi connectivity index (χ0n) is 11.0. The van der Waals surface area contributed by atoms with Crippen molar-refractivity contribution in [3.05, 3.63) is 33.9 Å². The lowest BCUT2D eigenvalue weighted by molar-refractivity contribution is -0.385. The van der Waals surface area contributed by atoms with Crippen LogP contribution in [0.4, 0.5) is 11.4 Å². The van der Waals surface area contributed by atoms with Crippen molar-refractivity contribution in [3.8, 4) is 0 Å². The summed E-state index contributed by atoms with van der Waals surface area (Å²) in [5.74, 6) is -0.288. The molecule has 0 atom stereocenters. The van der Waals surface area contributed by atoms with Crippen molar-refractivity contribution in [2.24, 2.45) is 0 Å². The minimum Gasteiger partial charge on any atom is -0.374 e. The molecule has 0 unspecified atom stereocenters. The zero-order valence-corrected chi connectivity index (χ0v) is 11.0. The lowest BCUT2D eigenvalue weighted by Crippen LogP contribution is -2.18. The summed E-state index contributed by atoms with van der Waals surface area (Å²) in [4.78, 5) is 23.7. The molecular weight excluding hydrogens is 232 g/mol. The summed E-state index contributed by atoms with van der Waals surface area (Å²) in [5.41, 5.74) is 0.802. The predicted octanol–water partition coefficient (Wildman–Crippen LogP) is 3.03. The van der Waals surface area contributed by atoms with Gasteiger partial charge in [-0.3, -0.25) is 14.9 Å². The van der Waals surface area contributed by atoms with Gasteiger partial charge in [0, 0.05) is 25.3 Å². The number of carbonyl (C=O) groups excluding carboxylic acids is 1. The summed E-state index contributed by atoms with van der Waals surface area (Å²) in [5, 5.41) is 10.9. The Morgan fingerprint density at radius 2 is 2.11 bits per heavy atom.